The van der Waals surface area contributed by atoms with Gasteiger partial charge < -0.3 is 14.3 Å². The predicted octanol–water partition coefficient (Wildman–Crippen LogP) is 2.54. The topological polar surface area (TPSA) is 35.5 Å². The number of aldehydes is 1. The zero-order chi connectivity index (χ0) is 11.7. The summed E-state index contributed by atoms with van der Waals surface area (Å²) in [6, 6.07) is 5.99. The van der Waals surface area contributed by atoms with Gasteiger partial charge in [0.15, 0.2) is 11.5 Å². The van der Waals surface area contributed by atoms with Gasteiger partial charge in [-0.1, -0.05) is 12.1 Å². The highest BCUT2D eigenvalue weighted by Crippen LogP contribution is 2.49. The highest BCUT2D eigenvalue weighted by atomic mass is 16.6. The zero-order valence-corrected chi connectivity index (χ0v) is 9.72. The van der Waals surface area contributed by atoms with Crippen LogP contribution in [0.15, 0.2) is 18.2 Å². The summed E-state index contributed by atoms with van der Waals surface area (Å²) in [6.07, 6.45) is 4.06. The summed E-state index contributed by atoms with van der Waals surface area (Å²) >= 11 is 0. The first-order valence-electron chi connectivity index (χ1n) is 6.22. The van der Waals surface area contributed by atoms with Crippen LogP contribution in [0.5, 0.6) is 11.5 Å². The Balaban J connectivity index is 1.97. The third-order valence-electron chi connectivity index (χ3n) is 3.54. The van der Waals surface area contributed by atoms with E-state index < -0.39 is 0 Å². The van der Waals surface area contributed by atoms with Crippen LogP contribution in [-0.2, 0) is 4.79 Å². The van der Waals surface area contributed by atoms with Gasteiger partial charge in [-0.2, -0.15) is 0 Å². The molecule has 1 saturated carbocycles. The van der Waals surface area contributed by atoms with Crippen molar-refractivity contribution >= 4 is 6.29 Å². The number of benzene rings is 1. The van der Waals surface area contributed by atoms with Gasteiger partial charge in [-0.3, -0.25) is 0 Å². The van der Waals surface area contributed by atoms with Gasteiger partial charge in [0, 0.05) is 12.0 Å². The van der Waals surface area contributed by atoms with Gasteiger partial charge in [0.25, 0.3) is 0 Å². The molecule has 1 unspecified atom stereocenters. The molecular weight excluding hydrogens is 216 g/mol. The Bertz CT molecular complexity index is 423. The third kappa shape index (κ3) is 2.02. The summed E-state index contributed by atoms with van der Waals surface area (Å²) in [5.41, 5.74) is 1.15. The van der Waals surface area contributed by atoms with E-state index in [0.717, 1.165) is 23.3 Å². The van der Waals surface area contributed by atoms with Crippen LogP contribution in [0.25, 0.3) is 0 Å². The Morgan fingerprint density at radius 3 is 2.88 bits per heavy atom. The molecule has 1 aliphatic carbocycles. The van der Waals surface area contributed by atoms with Crippen molar-refractivity contribution in [3.8, 4) is 11.5 Å². The second-order valence-electron chi connectivity index (χ2n) is 4.72. The molecule has 90 valence electrons. The van der Waals surface area contributed by atoms with Gasteiger partial charge in [0.05, 0.1) is 0 Å². The Morgan fingerprint density at radius 1 is 1.29 bits per heavy atom. The smallest absolute Gasteiger partial charge is 0.164 e. The summed E-state index contributed by atoms with van der Waals surface area (Å²) in [6.45, 7) is 1.21. The quantitative estimate of drug-likeness (QED) is 0.748. The number of para-hydroxylation sites is 1. The molecule has 0 spiro atoms. The molecule has 1 heterocycles. The van der Waals surface area contributed by atoms with Crippen molar-refractivity contribution in [3.05, 3.63) is 23.8 Å². The fraction of sp³-hybridized carbons (Fsp3) is 0.500. The molecule has 2 aliphatic rings. The van der Waals surface area contributed by atoms with E-state index in [9.17, 15) is 4.79 Å². The fourth-order valence-corrected chi connectivity index (χ4v) is 2.56. The number of carbonyl (C=O) groups excluding carboxylic acids is 1. The first-order valence-corrected chi connectivity index (χ1v) is 6.22. The second-order valence-corrected chi connectivity index (χ2v) is 4.72. The zero-order valence-electron chi connectivity index (χ0n) is 9.72. The van der Waals surface area contributed by atoms with E-state index in [0.29, 0.717) is 31.5 Å². The first-order chi connectivity index (χ1) is 8.40. The molecule has 1 aromatic carbocycles. The molecule has 0 saturated heterocycles. The largest absolute Gasteiger partial charge is 0.486 e. The number of ether oxygens (including phenoxy) is 2. The number of rotatable bonds is 4. The van der Waals surface area contributed by atoms with E-state index in [2.05, 4.69) is 6.07 Å². The molecule has 3 rings (SSSR count). The van der Waals surface area contributed by atoms with E-state index in [1.807, 2.05) is 12.1 Å². The van der Waals surface area contributed by atoms with E-state index in [1.54, 1.807) is 0 Å². The molecule has 0 radical (unpaired) electrons. The van der Waals surface area contributed by atoms with Gasteiger partial charge in [-0.15, -0.1) is 0 Å². The van der Waals surface area contributed by atoms with Crippen LogP contribution < -0.4 is 9.47 Å². The van der Waals surface area contributed by atoms with Gasteiger partial charge in [-0.05, 0) is 30.7 Å². The molecule has 0 bridgehead atoms. The van der Waals surface area contributed by atoms with Gasteiger partial charge in [0.1, 0.15) is 19.5 Å². The lowest BCUT2D eigenvalue weighted by Gasteiger charge is -2.24. The minimum Gasteiger partial charge on any atom is -0.486 e. The molecule has 0 N–H and O–H groups in total. The maximum absolute atomic E-state index is 10.8. The second kappa shape index (κ2) is 4.40. The number of hydrogen-bond donors (Lipinski definition) is 0. The standard InChI is InChI=1S/C14H16O3/c15-7-6-11(10-4-5-10)12-2-1-3-13-14(12)17-9-8-16-13/h1-3,7,10-11H,4-6,8-9H2. The molecule has 0 aromatic heterocycles. The van der Waals surface area contributed by atoms with Crippen LogP contribution >= 0.6 is 0 Å². The van der Waals surface area contributed by atoms with Crippen LogP contribution in [0.1, 0.15) is 30.7 Å². The third-order valence-corrected chi connectivity index (χ3v) is 3.54. The Morgan fingerprint density at radius 2 is 2.12 bits per heavy atom. The SMILES string of the molecule is O=CCC(c1cccc2c1OCCO2)C1CC1. The normalized spacial score (nSPS) is 19.8. The molecule has 1 aromatic rings. The molecule has 17 heavy (non-hydrogen) atoms. The summed E-state index contributed by atoms with van der Waals surface area (Å²) in [4.78, 5) is 10.8. The number of carbonyl (C=O) groups is 1. The Kier molecular flexibility index (Phi) is 2.75. The lowest BCUT2D eigenvalue weighted by molar-refractivity contribution is -0.108. The van der Waals surface area contributed by atoms with Crippen molar-refractivity contribution in [2.24, 2.45) is 5.92 Å². The summed E-state index contributed by atoms with van der Waals surface area (Å²) in [7, 11) is 0. The average Bonchev–Trinajstić information content (AvgIpc) is 3.20. The Labute approximate surface area is 101 Å². The first kappa shape index (κ1) is 10.6. The Hall–Kier alpha value is -1.51. The number of fused-ring (bicyclic) bond motifs is 1. The fourth-order valence-electron chi connectivity index (χ4n) is 2.56. The van der Waals surface area contributed by atoms with Crippen LogP contribution in [0.2, 0.25) is 0 Å². The van der Waals surface area contributed by atoms with Crippen molar-refractivity contribution in [3.63, 3.8) is 0 Å². The summed E-state index contributed by atoms with van der Waals surface area (Å²) in [5, 5.41) is 0. The molecule has 1 atom stereocenters. The van der Waals surface area contributed by atoms with E-state index >= 15 is 0 Å². The van der Waals surface area contributed by atoms with E-state index in [-0.39, 0.29) is 0 Å². The summed E-state index contributed by atoms with van der Waals surface area (Å²) in [5.74, 6) is 2.64. The highest BCUT2D eigenvalue weighted by molar-refractivity contribution is 5.56. The van der Waals surface area contributed by atoms with Crippen LogP contribution in [0, 0.1) is 5.92 Å². The molecule has 1 fully saturated rings. The van der Waals surface area contributed by atoms with Gasteiger partial charge in [0.2, 0.25) is 0 Å². The average molecular weight is 232 g/mol. The maximum atomic E-state index is 10.8. The maximum Gasteiger partial charge on any atom is 0.164 e. The molecule has 3 heteroatoms. The summed E-state index contributed by atoms with van der Waals surface area (Å²) < 4.78 is 11.3. The lowest BCUT2D eigenvalue weighted by atomic mass is 9.90. The number of hydrogen-bond acceptors (Lipinski definition) is 3. The highest BCUT2D eigenvalue weighted by Gasteiger charge is 2.34. The van der Waals surface area contributed by atoms with Crippen molar-refractivity contribution in [1.82, 2.24) is 0 Å². The van der Waals surface area contributed by atoms with Gasteiger partial charge >= 0.3 is 0 Å². The molecule has 1 aliphatic heterocycles. The van der Waals surface area contributed by atoms with Crippen LogP contribution in [0.4, 0.5) is 0 Å². The monoisotopic (exact) mass is 232 g/mol. The molecular formula is C14H16O3. The predicted molar refractivity (Wildman–Crippen MR) is 63.6 cm³/mol. The lowest BCUT2D eigenvalue weighted by Crippen LogP contribution is -2.17. The van der Waals surface area contributed by atoms with Crippen LogP contribution in [0.3, 0.4) is 0 Å². The van der Waals surface area contributed by atoms with Crippen molar-refractivity contribution in [2.45, 2.75) is 25.2 Å². The van der Waals surface area contributed by atoms with Gasteiger partial charge in [-0.25, -0.2) is 0 Å². The van der Waals surface area contributed by atoms with E-state index in [1.165, 1.54) is 12.8 Å². The van der Waals surface area contributed by atoms with Crippen molar-refractivity contribution < 1.29 is 14.3 Å². The molecule has 0 amide bonds. The van der Waals surface area contributed by atoms with E-state index in [4.69, 9.17) is 9.47 Å². The minimum atomic E-state index is 0.309. The van der Waals surface area contributed by atoms with Crippen LogP contribution in [-0.4, -0.2) is 19.5 Å². The molecule has 3 nitrogen and oxygen atoms in total. The van der Waals surface area contributed by atoms with Crippen molar-refractivity contribution in [1.29, 1.82) is 0 Å². The minimum absolute atomic E-state index is 0.309. The van der Waals surface area contributed by atoms with Crippen molar-refractivity contribution in [2.75, 3.05) is 13.2 Å².